The Labute approximate surface area is 110 Å². The minimum Gasteiger partial charge on any atom is -0.377 e. The summed E-state index contributed by atoms with van der Waals surface area (Å²) >= 11 is 0. The van der Waals surface area contributed by atoms with E-state index in [1.165, 1.54) is 25.7 Å². The van der Waals surface area contributed by atoms with Gasteiger partial charge in [-0.25, -0.2) is 0 Å². The molecule has 1 atom stereocenters. The topological polar surface area (TPSA) is 29.5 Å². The second kappa shape index (κ2) is 5.20. The van der Waals surface area contributed by atoms with Crippen LogP contribution < -0.4 is 0 Å². The fourth-order valence-electron chi connectivity index (χ4n) is 3.51. The fraction of sp³-hybridized carbons (Fsp3) is 0.933. The maximum absolute atomic E-state index is 12.7. The van der Waals surface area contributed by atoms with Crippen molar-refractivity contribution in [3.05, 3.63) is 0 Å². The summed E-state index contributed by atoms with van der Waals surface area (Å²) in [5.41, 5.74) is 0. The van der Waals surface area contributed by atoms with Gasteiger partial charge in [-0.1, -0.05) is 6.92 Å². The predicted molar refractivity (Wildman–Crippen MR) is 70.2 cm³/mol. The van der Waals surface area contributed by atoms with Crippen molar-refractivity contribution in [2.24, 2.45) is 17.8 Å². The number of nitrogens with zero attached hydrogens (tertiary/aromatic N) is 1. The second-order valence-electron chi connectivity index (χ2n) is 6.47. The summed E-state index contributed by atoms with van der Waals surface area (Å²) in [4.78, 5) is 14.8. The van der Waals surface area contributed by atoms with Gasteiger partial charge < -0.3 is 9.64 Å². The normalized spacial score (nSPS) is 37.6. The Kier molecular flexibility index (Phi) is 3.60. The average molecular weight is 251 g/mol. The molecule has 0 unspecified atom stereocenters. The molecule has 0 bridgehead atoms. The van der Waals surface area contributed by atoms with Crippen LogP contribution in [0.5, 0.6) is 0 Å². The number of amides is 1. The van der Waals surface area contributed by atoms with E-state index in [-0.39, 0.29) is 0 Å². The lowest BCUT2D eigenvalue weighted by Gasteiger charge is -2.39. The highest BCUT2D eigenvalue weighted by Crippen LogP contribution is 2.38. The lowest BCUT2D eigenvalue weighted by atomic mass is 9.82. The monoisotopic (exact) mass is 251 g/mol. The van der Waals surface area contributed by atoms with Gasteiger partial charge in [-0.2, -0.15) is 0 Å². The summed E-state index contributed by atoms with van der Waals surface area (Å²) in [6.07, 6.45) is 7.26. The third-order valence-corrected chi connectivity index (χ3v) is 4.98. The van der Waals surface area contributed by atoms with E-state index >= 15 is 0 Å². The SMILES string of the molecule is C[C@H]1CC[C@H](C(=O)N2CCOC[C@@H]2C2CC2)CC1. The van der Waals surface area contributed by atoms with Crippen LogP contribution in [0.4, 0.5) is 0 Å². The Morgan fingerprint density at radius 1 is 1.11 bits per heavy atom. The summed E-state index contributed by atoms with van der Waals surface area (Å²) in [6.45, 7) is 4.64. The lowest BCUT2D eigenvalue weighted by Crippen LogP contribution is -2.52. The van der Waals surface area contributed by atoms with Crippen molar-refractivity contribution in [1.82, 2.24) is 4.90 Å². The van der Waals surface area contributed by atoms with Crippen LogP contribution >= 0.6 is 0 Å². The fourth-order valence-corrected chi connectivity index (χ4v) is 3.51. The predicted octanol–water partition coefficient (Wildman–Crippen LogP) is 2.45. The van der Waals surface area contributed by atoms with E-state index < -0.39 is 0 Å². The van der Waals surface area contributed by atoms with Gasteiger partial charge in [0.25, 0.3) is 0 Å². The largest absolute Gasteiger partial charge is 0.377 e. The molecule has 0 radical (unpaired) electrons. The van der Waals surface area contributed by atoms with Gasteiger partial charge in [0.2, 0.25) is 5.91 Å². The van der Waals surface area contributed by atoms with Crippen molar-refractivity contribution < 1.29 is 9.53 Å². The molecule has 1 heterocycles. The molecule has 102 valence electrons. The van der Waals surface area contributed by atoms with Crippen molar-refractivity contribution in [1.29, 1.82) is 0 Å². The maximum atomic E-state index is 12.7. The Balaban J connectivity index is 1.62. The minimum absolute atomic E-state index is 0.306. The van der Waals surface area contributed by atoms with Crippen LogP contribution in [0.2, 0.25) is 0 Å². The molecule has 2 saturated carbocycles. The van der Waals surface area contributed by atoms with Gasteiger partial charge in [-0.05, 0) is 50.4 Å². The van der Waals surface area contributed by atoms with Crippen molar-refractivity contribution in [2.75, 3.05) is 19.8 Å². The molecule has 18 heavy (non-hydrogen) atoms. The number of carbonyl (C=O) groups is 1. The third kappa shape index (κ3) is 2.56. The molecule has 0 aromatic heterocycles. The standard InChI is InChI=1S/C15H25NO2/c1-11-2-4-13(5-3-11)15(17)16-8-9-18-10-14(16)12-6-7-12/h11-14H,2-10H2,1H3/t11-,13-,14-/m1/s1. The van der Waals surface area contributed by atoms with Gasteiger partial charge in [-0.15, -0.1) is 0 Å². The number of morpholine rings is 1. The Hall–Kier alpha value is -0.570. The number of carbonyl (C=O) groups excluding carboxylic acids is 1. The number of rotatable bonds is 2. The molecule has 1 aliphatic heterocycles. The summed E-state index contributed by atoms with van der Waals surface area (Å²) in [6, 6.07) is 0.394. The minimum atomic E-state index is 0.306. The maximum Gasteiger partial charge on any atom is 0.226 e. The van der Waals surface area contributed by atoms with Crippen LogP contribution in [-0.4, -0.2) is 36.6 Å². The van der Waals surface area contributed by atoms with Gasteiger partial charge in [0, 0.05) is 12.5 Å². The summed E-state index contributed by atoms with van der Waals surface area (Å²) < 4.78 is 5.57. The molecule has 3 nitrogen and oxygen atoms in total. The molecule has 3 heteroatoms. The molecule has 3 fully saturated rings. The van der Waals surface area contributed by atoms with Crippen molar-refractivity contribution in [2.45, 2.75) is 51.5 Å². The Morgan fingerprint density at radius 2 is 1.83 bits per heavy atom. The van der Waals surface area contributed by atoms with E-state index in [1.807, 2.05) is 0 Å². The van der Waals surface area contributed by atoms with Crippen LogP contribution in [0.15, 0.2) is 0 Å². The second-order valence-corrected chi connectivity index (χ2v) is 6.47. The molecule has 0 N–H and O–H groups in total. The summed E-state index contributed by atoms with van der Waals surface area (Å²) in [5, 5.41) is 0. The highest BCUT2D eigenvalue weighted by atomic mass is 16.5. The van der Waals surface area contributed by atoms with Gasteiger partial charge >= 0.3 is 0 Å². The first-order chi connectivity index (χ1) is 8.75. The Morgan fingerprint density at radius 3 is 2.50 bits per heavy atom. The van der Waals surface area contributed by atoms with Crippen LogP contribution in [0.25, 0.3) is 0 Å². The van der Waals surface area contributed by atoms with Crippen LogP contribution in [0.1, 0.15) is 45.4 Å². The molecule has 3 aliphatic rings. The number of hydrogen-bond donors (Lipinski definition) is 0. The summed E-state index contributed by atoms with van der Waals surface area (Å²) in [5.74, 6) is 2.29. The molecule has 0 aromatic carbocycles. The first-order valence-electron chi connectivity index (χ1n) is 7.64. The molecule has 2 aliphatic carbocycles. The van der Waals surface area contributed by atoms with E-state index in [2.05, 4.69) is 11.8 Å². The van der Waals surface area contributed by atoms with Crippen LogP contribution in [-0.2, 0) is 9.53 Å². The smallest absolute Gasteiger partial charge is 0.226 e. The number of ether oxygens (including phenoxy) is 1. The quantitative estimate of drug-likeness (QED) is 0.754. The first kappa shape index (κ1) is 12.5. The zero-order chi connectivity index (χ0) is 12.5. The van der Waals surface area contributed by atoms with Gasteiger partial charge in [-0.3, -0.25) is 4.79 Å². The van der Waals surface area contributed by atoms with E-state index in [0.29, 0.717) is 17.9 Å². The van der Waals surface area contributed by atoms with Gasteiger partial charge in [0.05, 0.1) is 19.3 Å². The van der Waals surface area contributed by atoms with E-state index in [1.54, 1.807) is 0 Å². The van der Waals surface area contributed by atoms with E-state index in [0.717, 1.165) is 44.4 Å². The van der Waals surface area contributed by atoms with Gasteiger partial charge in [0.15, 0.2) is 0 Å². The summed E-state index contributed by atoms with van der Waals surface area (Å²) in [7, 11) is 0. The first-order valence-corrected chi connectivity index (χ1v) is 7.64. The van der Waals surface area contributed by atoms with Crippen molar-refractivity contribution in [3.63, 3.8) is 0 Å². The highest BCUT2D eigenvalue weighted by Gasteiger charge is 2.41. The van der Waals surface area contributed by atoms with Crippen LogP contribution in [0.3, 0.4) is 0 Å². The van der Waals surface area contributed by atoms with E-state index in [4.69, 9.17) is 4.74 Å². The molecule has 1 amide bonds. The molecular formula is C15H25NO2. The number of hydrogen-bond acceptors (Lipinski definition) is 2. The average Bonchev–Trinajstić information content (AvgIpc) is 3.23. The van der Waals surface area contributed by atoms with Crippen molar-refractivity contribution in [3.8, 4) is 0 Å². The lowest BCUT2D eigenvalue weighted by molar-refractivity contribution is -0.146. The zero-order valence-corrected chi connectivity index (χ0v) is 11.4. The third-order valence-electron chi connectivity index (χ3n) is 4.98. The molecule has 1 saturated heterocycles. The van der Waals surface area contributed by atoms with Gasteiger partial charge in [0.1, 0.15) is 0 Å². The molecule has 0 spiro atoms. The Bertz CT molecular complexity index is 306. The highest BCUT2D eigenvalue weighted by molar-refractivity contribution is 5.79. The molecule has 0 aromatic rings. The molecule has 3 rings (SSSR count). The zero-order valence-electron chi connectivity index (χ0n) is 11.4. The molecular weight excluding hydrogens is 226 g/mol. The van der Waals surface area contributed by atoms with Crippen LogP contribution in [0, 0.1) is 17.8 Å². The van der Waals surface area contributed by atoms with Crippen molar-refractivity contribution >= 4 is 5.91 Å². The van der Waals surface area contributed by atoms with E-state index in [9.17, 15) is 4.79 Å².